The lowest BCUT2D eigenvalue weighted by molar-refractivity contribution is -0.120. The highest BCUT2D eigenvalue weighted by molar-refractivity contribution is 6.33. The Morgan fingerprint density at radius 1 is 0.957 bits per heavy atom. The van der Waals surface area contributed by atoms with E-state index in [1.165, 1.54) is 0 Å². The van der Waals surface area contributed by atoms with Crippen LogP contribution >= 0.6 is 11.6 Å². The maximum absolute atomic E-state index is 13.0. The third kappa shape index (κ3) is 6.55. The smallest absolute Gasteiger partial charge is 0.328 e. The highest BCUT2D eigenvalue weighted by Gasteiger charge is 2.28. The van der Waals surface area contributed by atoms with Crippen molar-refractivity contribution in [3.63, 3.8) is 0 Å². The average Bonchev–Trinajstić information content (AvgIpc) is 3.52. The van der Waals surface area contributed by atoms with Crippen LogP contribution < -0.4 is 30.9 Å². The molecule has 3 fully saturated rings. The van der Waals surface area contributed by atoms with Crippen molar-refractivity contribution in [3.05, 3.63) is 71.5 Å². The monoisotopic (exact) mass is 656 g/mol. The van der Waals surface area contributed by atoms with Gasteiger partial charge >= 0.3 is 6.03 Å². The molecule has 2 aromatic heterocycles. The van der Waals surface area contributed by atoms with Crippen molar-refractivity contribution in [2.45, 2.75) is 63.1 Å². The van der Waals surface area contributed by atoms with Crippen LogP contribution in [0.3, 0.4) is 0 Å². The molecule has 4 aromatic rings. The zero-order valence-corrected chi connectivity index (χ0v) is 26.7. The summed E-state index contributed by atoms with van der Waals surface area (Å²) in [5, 5.41) is 15.7. The first-order valence-corrected chi connectivity index (χ1v) is 16.5. The number of carbonyl (C=O) groups excluding carboxylic acids is 3. The number of anilines is 3. The van der Waals surface area contributed by atoms with Crippen LogP contribution in [0.25, 0.3) is 10.9 Å². The van der Waals surface area contributed by atoms with Crippen LogP contribution in [0.15, 0.2) is 60.8 Å². The first-order valence-electron chi connectivity index (χ1n) is 16.1. The predicted octanol–water partition coefficient (Wildman–Crippen LogP) is 5.07. The SMILES string of the molecule is Nc1ccc(OC2CCC(NC(=O)c3ccc(N4CCC(n5ccc6c(N7CCC(=O)NC7=O)cccc65)CC4)nn3)CC2)cc1Cl. The molecule has 47 heavy (non-hydrogen) atoms. The summed E-state index contributed by atoms with van der Waals surface area (Å²) in [5.41, 5.74) is 8.49. The fraction of sp³-hybridized carbons (Fsp3) is 0.382. The van der Waals surface area contributed by atoms with Crippen LogP contribution in [-0.4, -0.2) is 64.4 Å². The molecule has 2 aromatic carbocycles. The van der Waals surface area contributed by atoms with Gasteiger partial charge in [0.15, 0.2) is 11.5 Å². The predicted molar refractivity (Wildman–Crippen MR) is 180 cm³/mol. The Morgan fingerprint density at radius 2 is 1.77 bits per heavy atom. The van der Waals surface area contributed by atoms with E-state index in [1.807, 2.05) is 30.3 Å². The summed E-state index contributed by atoms with van der Waals surface area (Å²) in [5.74, 6) is 0.997. The third-order valence-electron chi connectivity index (χ3n) is 9.43. The topological polar surface area (TPSA) is 148 Å². The minimum absolute atomic E-state index is 0.0555. The van der Waals surface area contributed by atoms with E-state index in [1.54, 1.807) is 23.1 Å². The summed E-state index contributed by atoms with van der Waals surface area (Å²) in [6.45, 7) is 1.97. The molecule has 12 nitrogen and oxygen atoms in total. The summed E-state index contributed by atoms with van der Waals surface area (Å²) in [6.07, 6.45) is 7.54. The summed E-state index contributed by atoms with van der Waals surface area (Å²) in [4.78, 5) is 40.9. The number of nitrogens with two attached hydrogens (primary N) is 1. The Bertz CT molecular complexity index is 1800. The molecule has 0 unspecified atom stereocenters. The molecule has 2 saturated heterocycles. The number of imide groups is 1. The minimum atomic E-state index is -0.380. The fourth-order valence-electron chi connectivity index (χ4n) is 6.87. The van der Waals surface area contributed by atoms with Gasteiger partial charge in [0.2, 0.25) is 5.91 Å². The number of piperidine rings is 1. The third-order valence-corrected chi connectivity index (χ3v) is 9.76. The zero-order valence-electron chi connectivity index (χ0n) is 25.9. The standard InChI is InChI=1S/C34H37ClN8O4/c35-26-20-24(8-9-27(26)36)47-23-6-4-21(5-7-23)37-33(45)28-10-11-31(40-39-28)41-16-12-22(13-17-41)42-18-14-25-29(42)2-1-3-30(25)43-19-15-32(44)38-34(43)46/h1-3,8-11,14,18,20-23H,4-7,12-13,15-17,19,36H2,(H,37,45)(H,38,44,46). The lowest BCUT2D eigenvalue weighted by atomic mass is 9.93. The Balaban J connectivity index is 0.909. The molecule has 7 rings (SSSR count). The van der Waals surface area contributed by atoms with Gasteiger partial charge in [-0.1, -0.05) is 17.7 Å². The molecule has 244 valence electrons. The molecule has 13 heteroatoms. The van der Waals surface area contributed by atoms with Gasteiger partial charge in [0.05, 0.1) is 28.0 Å². The van der Waals surface area contributed by atoms with E-state index in [2.05, 4.69) is 42.6 Å². The van der Waals surface area contributed by atoms with E-state index in [0.29, 0.717) is 34.7 Å². The lowest BCUT2D eigenvalue weighted by Crippen LogP contribution is -2.49. The number of fused-ring (bicyclic) bond motifs is 1. The van der Waals surface area contributed by atoms with Crippen molar-refractivity contribution < 1.29 is 19.1 Å². The molecule has 4 heterocycles. The summed E-state index contributed by atoms with van der Waals surface area (Å²) < 4.78 is 8.36. The van der Waals surface area contributed by atoms with Crippen LogP contribution in [0.4, 0.5) is 22.0 Å². The molecule has 4 amide bonds. The number of benzene rings is 2. The maximum atomic E-state index is 13.0. The molecule has 0 spiro atoms. The minimum Gasteiger partial charge on any atom is -0.490 e. The Morgan fingerprint density at radius 3 is 2.49 bits per heavy atom. The van der Waals surface area contributed by atoms with Crippen LogP contribution in [-0.2, 0) is 4.79 Å². The molecule has 4 N–H and O–H groups in total. The van der Waals surface area contributed by atoms with Gasteiger partial charge < -0.3 is 25.3 Å². The van der Waals surface area contributed by atoms with Gasteiger partial charge in [-0.25, -0.2) is 4.79 Å². The second-order valence-corrected chi connectivity index (χ2v) is 12.8. The number of halogens is 1. The first kappa shape index (κ1) is 30.8. The van der Waals surface area contributed by atoms with Crippen LogP contribution in [0, 0.1) is 0 Å². The molecule has 0 radical (unpaired) electrons. The molecular weight excluding hydrogens is 620 g/mol. The zero-order chi connectivity index (χ0) is 32.5. The van der Waals surface area contributed by atoms with Gasteiger partial charge in [-0.15, -0.1) is 10.2 Å². The number of urea groups is 1. The Hall–Kier alpha value is -4.84. The number of amides is 4. The van der Waals surface area contributed by atoms with E-state index in [9.17, 15) is 14.4 Å². The van der Waals surface area contributed by atoms with Crippen molar-refractivity contribution in [3.8, 4) is 5.75 Å². The second kappa shape index (κ2) is 13.1. The van der Waals surface area contributed by atoms with Crippen molar-refractivity contribution in [2.24, 2.45) is 0 Å². The summed E-state index contributed by atoms with van der Waals surface area (Å²) in [6, 6.07) is 16.9. The number of aromatic nitrogens is 3. The van der Waals surface area contributed by atoms with Crippen LogP contribution in [0.2, 0.25) is 5.02 Å². The van der Waals surface area contributed by atoms with E-state index >= 15 is 0 Å². The molecule has 0 atom stereocenters. The molecule has 0 bridgehead atoms. The number of rotatable bonds is 7. The highest BCUT2D eigenvalue weighted by atomic mass is 35.5. The number of nitrogens with zero attached hydrogens (tertiary/aromatic N) is 5. The van der Waals surface area contributed by atoms with Gasteiger partial charge in [-0.2, -0.15) is 0 Å². The largest absolute Gasteiger partial charge is 0.490 e. The Kier molecular flexibility index (Phi) is 8.59. The lowest BCUT2D eigenvalue weighted by Gasteiger charge is -2.33. The second-order valence-electron chi connectivity index (χ2n) is 12.4. The van der Waals surface area contributed by atoms with Crippen LogP contribution in [0.1, 0.15) is 61.5 Å². The van der Waals surface area contributed by atoms with Crippen molar-refractivity contribution in [1.29, 1.82) is 0 Å². The number of hydrogen-bond acceptors (Lipinski definition) is 8. The van der Waals surface area contributed by atoms with Crippen molar-refractivity contribution in [2.75, 3.05) is 35.2 Å². The molecule has 3 aliphatic rings. The quantitative estimate of drug-likeness (QED) is 0.234. The number of carbonyl (C=O) groups is 3. The van der Waals surface area contributed by atoms with Crippen molar-refractivity contribution in [1.82, 2.24) is 25.4 Å². The summed E-state index contributed by atoms with van der Waals surface area (Å²) >= 11 is 6.11. The Labute approximate surface area is 277 Å². The van der Waals surface area contributed by atoms with Crippen LogP contribution in [0.5, 0.6) is 5.75 Å². The number of ether oxygens (including phenoxy) is 1. The fourth-order valence-corrected chi connectivity index (χ4v) is 7.04. The van der Waals surface area contributed by atoms with Gasteiger partial charge in [0.25, 0.3) is 5.91 Å². The number of nitrogen functional groups attached to an aromatic ring is 1. The molecule has 1 saturated carbocycles. The molecule has 2 aliphatic heterocycles. The van der Waals surface area contributed by atoms with E-state index in [-0.39, 0.29) is 36.4 Å². The number of hydrogen-bond donors (Lipinski definition) is 3. The summed E-state index contributed by atoms with van der Waals surface area (Å²) in [7, 11) is 0. The highest BCUT2D eigenvalue weighted by Crippen LogP contribution is 2.34. The molecule has 1 aliphatic carbocycles. The van der Waals surface area contributed by atoms with Crippen molar-refractivity contribution >= 4 is 57.5 Å². The van der Waals surface area contributed by atoms with E-state index in [4.69, 9.17) is 22.1 Å². The van der Waals surface area contributed by atoms with Gasteiger partial charge in [-0.05, 0) is 81.0 Å². The molecular formula is C34H37ClN8O4. The van der Waals surface area contributed by atoms with E-state index < -0.39 is 0 Å². The first-order chi connectivity index (χ1) is 22.8. The van der Waals surface area contributed by atoms with Gasteiger partial charge in [0, 0.05) is 55.8 Å². The van der Waals surface area contributed by atoms with E-state index in [0.717, 1.165) is 74.0 Å². The maximum Gasteiger partial charge on any atom is 0.328 e. The normalized spacial score (nSPS) is 20.7. The van der Waals surface area contributed by atoms with Gasteiger partial charge in [-0.3, -0.25) is 19.8 Å². The average molecular weight is 657 g/mol. The van der Waals surface area contributed by atoms with Gasteiger partial charge in [0.1, 0.15) is 5.75 Å². The number of nitrogens with one attached hydrogen (secondary N) is 2.